The fourth-order valence-corrected chi connectivity index (χ4v) is 3.11. The lowest BCUT2D eigenvalue weighted by molar-refractivity contribution is 0.0717. The Morgan fingerprint density at radius 1 is 1.32 bits per heavy atom. The number of aromatic nitrogens is 2. The van der Waals surface area contributed by atoms with Crippen molar-refractivity contribution in [3.8, 4) is 0 Å². The van der Waals surface area contributed by atoms with Gasteiger partial charge in [-0.05, 0) is 51.6 Å². The Hall–Kier alpha value is -0.830. The summed E-state index contributed by atoms with van der Waals surface area (Å²) in [5.74, 6) is 0. The van der Waals surface area contributed by atoms with Gasteiger partial charge < -0.3 is 4.90 Å². The van der Waals surface area contributed by atoms with Crippen LogP contribution in [-0.2, 0) is 5.41 Å². The molecule has 3 heteroatoms. The standard InChI is InChI=1S/C16H29N3/c1-12-14(15(2,3)4)11-19(17-12)13-8-9-18(7)16(5,6)10-13/h11,13H,8-10H2,1-7H3. The van der Waals surface area contributed by atoms with Gasteiger partial charge in [-0.3, -0.25) is 4.68 Å². The van der Waals surface area contributed by atoms with Crippen LogP contribution in [0, 0.1) is 6.92 Å². The number of piperidine rings is 1. The minimum absolute atomic E-state index is 0.184. The maximum absolute atomic E-state index is 4.79. The quantitative estimate of drug-likeness (QED) is 0.773. The molecule has 0 bridgehead atoms. The second kappa shape index (κ2) is 4.62. The smallest absolute Gasteiger partial charge is 0.0631 e. The molecule has 2 rings (SSSR count). The summed E-state index contributed by atoms with van der Waals surface area (Å²) in [5.41, 5.74) is 3.02. The first-order valence-corrected chi connectivity index (χ1v) is 7.39. The van der Waals surface area contributed by atoms with Gasteiger partial charge in [-0.25, -0.2) is 0 Å². The molecule has 1 aliphatic heterocycles. The molecule has 0 N–H and O–H groups in total. The largest absolute Gasteiger partial charge is 0.301 e. The lowest BCUT2D eigenvalue weighted by Gasteiger charge is -2.43. The molecule has 3 nitrogen and oxygen atoms in total. The zero-order chi connectivity index (χ0) is 14.4. The number of likely N-dealkylation sites (tertiary alicyclic amines) is 1. The van der Waals surface area contributed by atoms with Gasteiger partial charge in [-0.15, -0.1) is 0 Å². The van der Waals surface area contributed by atoms with Gasteiger partial charge in [-0.2, -0.15) is 5.10 Å². The van der Waals surface area contributed by atoms with E-state index in [1.54, 1.807) is 0 Å². The molecular formula is C16H29N3. The summed E-state index contributed by atoms with van der Waals surface area (Å²) < 4.78 is 2.23. The lowest BCUT2D eigenvalue weighted by atomic mass is 9.86. The van der Waals surface area contributed by atoms with E-state index in [-0.39, 0.29) is 11.0 Å². The van der Waals surface area contributed by atoms with Gasteiger partial charge >= 0.3 is 0 Å². The van der Waals surface area contributed by atoms with E-state index in [4.69, 9.17) is 5.10 Å². The molecule has 0 aliphatic carbocycles. The fraction of sp³-hybridized carbons (Fsp3) is 0.812. The highest BCUT2D eigenvalue weighted by Gasteiger charge is 2.34. The fourth-order valence-electron chi connectivity index (χ4n) is 3.11. The lowest BCUT2D eigenvalue weighted by Crippen LogP contribution is -2.47. The monoisotopic (exact) mass is 263 g/mol. The van der Waals surface area contributed by atoms with E-state index in [0.29, 0.717) is 6.04 Å². The summed E-state index contributed by atoms with van der Waals surface area (Å²) in [6.07, 6.45) is 4.65. The van der Waals surface area contributed by atoms with Crippen molar-refractivity contribution in [1.29, 1.82) is 0 Å². The summed E-state index contributed by atoms with van der Waals surface area (Å²) >= 11 is 0. The number of aryl methyl sites for hydroxylation is 1. The Bertz CT molecular complexity index is 451. The molecule has 1 aromatic rings. The van der Waals surface area contributed by atoms with Crippen LogP contribution in [0.15, 0.2) is 6.20 Å². The van der Waals surface area contributed by atoms with Crippen molar-refractivity contribution in [2.45, 2.75) is 71.4 Å². The van der Waals surface area contributed by atoms with E-state index >= 15 is 0 Å². The maximum Gasteiger partial charge on any atom is 0.0631 e. The molecule has 1 atom stereocenters. The van der Waals surface area contributed by atoms with E-state index in [1.165, 1.54) is 24.1 Å². The van der Waals surface area contributed by atoms with Gasteiger partial charge in [0, 0.05) is 18.3 Å². The normalized spacial score (nSPS) is 24.7. The highest BCUT2D eigenvalue weighted by atomic mass is 15.3. The minimum Gasteiger partial charge on any atom is -0.301 e. The summed E-state index contributed by atoms with van der Waals surface area (Å²) in [7, 11) is 2.23. The third kappa shape index (κ3) is 2.86. The molecule has 0 radical (unpaired) electrons. The SMILES string of the molecule is Cc1nn(C2CCN(C)C(C)(C)C2)cc1C(C)(C)C. The Balaban J connectivity index is 2.24. The van der Waals surface area contributed by atoms with E-state index in [1.807, 2.05) is 0 Å². The van der Waals surface area contributed by atoms with Crippen LogP contribution in [0.2, 0.25) is 0 Å². The van der Waals surface area contributed by atoms with Crippen molar-refractivity contribution >= 4 is 0 Å². The summed E-state index contributed by atoms with van der Waals surface area (Å²) in [5, 5.41) is 4.79. The highest BCUT2D eigenvalue weighted by Crippen LogP contribution is 2.34. The molecule has 1 aliphatic rings. The van der Waals surface area contributed by atoms with Crippen LogP contribution in [0.1, 0.15) is 64.8 Å². The molecular weight excluding hydrogens is 234 g/mol. The molecule has 0 spiro atoms. The van der Waals surface area contributed by atoms with E-state index in [2.05, 4.69) is 64.4 Å². The van der Waals surface area contributed by atoms with Gasteiger partial charge in [0.15, 0.2) is 0 Å². The summed E-state index contributed by atoms with van der Waals surface area (Å²) in [6.45, 7) is 14.7. The molecule has 1 aromatic heterocycles. The molecule has 0 aromatic carbocycles. The molecule has 19 heavy (non-hydrogen) atoms. The van der Waals surface area contributed by atoms with Crippen LogP contribution < -0.4 is 0 Å². The predicted molar refractivity (Wildman–Crippen MR) is 80.6 cm³/mol. The summed E-state index contributed by atoms with van der Waals surface area (Å²) in [4.78, 5) is 2.46. The Morgan fingerprint density at radius 2 is 1.95 bits per heavy atom. The first-order chi connectivity index (χ1) is 8.61. The second-order valence-corrected chi connectivity index (χ2v) is 7.74. The Morgan fingerprint density at radius 3 is 2.42 bits per heavy atom. The molecule has 108 valence electrons. The van der Waals surface area contributed by atoms with Crippen molar-refractivity contribution in [2.75, 3.05) is 13.6 Å². The molecule has 0 saturated carbocycles. The van der Waals surface area contributed by atoms with Crippen LogP contribution in [0.25, 0.3) is 0 Å². The van der Waals surface area contributed by atoms with Crippen LogP contribution in [0.5, 0.6) is 0 Å². The maximum atomic E-state index is 4.79. The molecule has 2 heterocycles. The van der Waals surface area contributed by atoms with E-state index in [0.717, 1.165) is 6.54 Å². The van der Waals surface area contributed by atoms with Crippen LogP contribution in [0.4, 0.5) is 0 Å². The first-order valence-electron chi connectivity index (χ1n) is 7.39. The highest BCUT2D eigenvalue weighted by molar-refractivity contribution is 5.24. The summed E-state index contributed by atoms with van der Waals surface area (Å²) in [6, 6.07) is 0.543. The Kier molecular flexibility index (Phi) is 3.54. The van der Waals surface area contributed by atoms with Gasteiger partial charge in [0.25, 0.3) is 0 Å². The number of hydrogen-bond acceptors (Lipinski definition) is 2. The van der Waals surface area contributed by atoms with Gasteiger partial charge in [0.2, 0.25) is 0 Å². The van der Waals surface area contributed by atoms with Crippen molar-refractivity contribution in [2.24, 2.45) is 0 Å². The zero-order valence-electron chi connectivity index (χ0n) is 13.6. The van der Waals surface area contributed by atoms with Crippen molar-refractivity contribution in [3.05, 3.63) is 17.5 Å². The van der Waals surface area contributed by atoms with Crippen molar-refractivity contribution in [1.82, 2.24) is 14.7 Å². The molecule has 1 unspecified atom stereocenters. The van der Waals surface area contributed by atoms with Crippen LogP contribution in [-0.4, -0.2) is 33.8 Å². The Labute approximate surface area is 118 Å². The third-order valence-electron chi connectivity index (χ3n) is 4.67. The molecule has 1 fully saturated rings. The minimum atomic E-state index is 0.184. The van der Waals surface area contributed by atoms with Crippen molar-refractivity contribution in [3.63, 3.8) is 0 Å². The van der Waals surface area contributed by atoms with Crippen LogP contribution >= 0.6 is 0 Å². The van der Waals surface area contributed by atoms with Gasteiger partial charge in [0.1, 0.15) is 0 Å². The number of nitrogens with zero attached hydrogens (tertiary/aromatic N) is 3. The zero-order valence-corrected chi connectivity index (χ0v) is 13.6. The second-order valence-electron chi connectivity index (χ2n) is 7.74. The third-order valence-corrected chi connectivity index (χ3v) is 4.67. The average Bonchev–Trinajstić information content (AvgIpc) is 2.64. The average molecular weight is 263 g/mol. The molecule has 1 saturated heterocycles. The van der Waals surface area contributed by atoms with Crippen molar-refractivity contribution < 1.29 is 0 Å². The van der Waals surface area contributed by atoms with Gasteiger partial charge in [-0.1, -0.05) is 20.8 Å². The number of hydrogen-bond donors (Lipinski definition) is 0. The first kappa shape index (κ1) is 14.6. The van der Waals surface area contributed by atoms with Crippen LogP contribution in [0.3, 0.4) is 0 Å². The number of rotatable bonds is 1. The van der Waals surface area contributed by atoms with Gasteiger partial charge in [0.05, 0.1) is 11.7 Å². The van der Waals surface area contributed by atoms with E-state index in [9.17, 15) is 0 Å². The predicted octanol–water partition coefficient (Wildman–Crippen LogP) is 3.53. The van der Waals surface area contributed by atoms with E-state index < -0.39 is 0 Å². The molecule has 0 amide bonds. The topological polar surface area (TPSA) is 21.1 Å².